The number of aromatic nitrogens is 1. The number of benzene rings is 1. The minimum atomic E-state index is -0.207. The van der Waals surface area contributed by atoms with E-state index in [1.807, 2.05) is 29.2 Å². The summed E-state index contributed by atoms with van der Waals surface area (Å²) in [6.45, 7) is 2.07. The van der Waals surface area contributed by atoms with Crippen LogP contribution < -0.4 is 14.4 Å². The minimum absolute atomic E-state index is 0.0893. The Kier molecular flexibility index (Phi) is 5.65. The van der Waals surface area contributed by atoms with Crippen LogP contribution in [-0.4, -0.2) is 55.2 Å². The van der Waals surface area contributed by atoms with Gasteiger partial charge in [0.05, 0.1) is 12.8 Å². The van der Waals surface area contributed by atoms with Crippen molar-refractivity contribution in [1.82, 2.24) is 9.88 Å². The lowest BCUT2D eigenvalue weighted by atomic mass is 9.95. The molecule has 33 heavy (non-hydrogen) atoms. The maximum Gasteiger partial charge on any atom is 0.266 e. The summed E-state index contributed by atoms with van der Waals surface area (Å²) in [7, 11) is 1.80. The van der Waals surface area contributed by atoms with E-state index in [2.05, 4.69) is 11.1 Å². The van der Waals surface area contributed by atoms with Gasteiger partial charge in [-0.15, -0.1) is 0 Å². The van der Waals surface area contributed by atoms with Gasteiger partial charge in [0.15, 0.2) is 23.4 Å². The van der Waals surface area contributed by atoms with Crippen molar-refractivity contribution in [3.63, 3.8) is 0 Å². The standard InChI is InChI=1S/C24H24N4O5/c1-27(14-17-15-31-19-5-2-3-6-20(19)32-17)23(29)16-8-10-28(11-9-16)24-18(13-25)26-22(33-24)21-7-4-12-30-21/h2-7,12,16-17H,8-11,14-15H2,1H3. The van der Waals surface area contributed by atoms with Gasteiger partial charge in [-0.05, 0) is 37.1 Å². The zero-order valence-electron chi connectivity index (χ0n) is 18.3. The summed E-state index contributed by atoms with van der Waals surface area (Å²) in [5.74, 6) is 2.61. The van der Waals surface area contributed by atoms with Crippen LogP contribution in [0.2, 0.25) is 0 Å². The molecule has 1 atom stereocenters. The molecule has 1 unspecified atom stereocenters. The molecule has 2 aliphatic heterocycles. The molecule has 0 bridgehead atoms. The van der Waals surface area contributed by atoms with Crippen LogP contribution in [0.5, 0.6) is 11.5 Å². The average molecular weight is 448 g/mol. The Morgan fingerprint density at radius 2 is 2.00 bits per heavy atom. The van der Waals surface area contributed by atoms with Gasteiger partial charge in [-0.3, -0.25) is 4.79 Å². The highest BCUT2D eigenvalue weighted by Crippen LogP contribution is 2.33. The van der Waals surface area contributed by atoms with Crippen LogP contribution >= 0.6 is 0 Å². The van der Waals surface area contributed by atoms with Gasteiger partial charge in [-0.2, -0.15) is 10.2 Å². The number of hydrogen-bond acceptors (Lipinski definition) is 8. The Morgan fingerprint density at radius 3 is 2.73 bits per heavy atom. The number of piperidine rings is 1. The second-order valence-corrected chi connectivity index (χ2v) is 8.24. The maximum atomic E-state index is 13.1. The third-order valence-electron chi connectivity index (χ3n) is 6.00. The topological polar surface area (TPSA) is 105 Å². The number of nitrogens with zero attached hydrogens (tertiary/aromatic N) is 4. The number of fused-ring (bicyclic) bond motifs is 1. The van der Waals surface area contributed by atoms with Crippen LogP contribution in [0.4, 0.5) is 5.88 Å². The van der Waals surface area contributed by atoms with E-state index in [-0.39, 0.29) is 29.5 Å². The maximum absolute atomic E-state index is 13.1. The van der Waals surface area contributed by atoms with E-state index in [9.17, 15) is 10.1 Å². The lowest BCUT2D eigenvalue weighted by Crippen LogP contribution is -2.46. The van der Waals surface area contributed by atoms with Crippen LogP contribution in [-0.2, 0) is 4.79 Å². The van der Waals surface area contributed by atoms with Gasteiger partial charge >= 0.3 is 0 Å². The summed E-state index contributed by atoms with van der Waals surface area (Å²) in [4.78, 5) is 21.0. The molecule has 0 saturated carbocycles. The Morgan fingerprint density at radius 1 is 1.21 bits per heavy atom. The van der Waals surface area contributed by atoms with Crippen LogP contribution in [0.1, 0.15) is 18.5 Å². The van der Waals surface area contributed by atoms with E-state index >= 15 is 0 Å². The van der Waals surface area contributed by atoms with Crippen molar-refractivity contribution in [2.45, 2.75) is 18.9 Å². The summed E-state index contributed by atoms with van der Waals surface area (Å²) in [6.07, 6.45) is 2.65. The average Bonchev–Trinajstić information content (AvgIpc) is 3.53. The zero-order chi connectivity index (χ0) is 22.8. The molecule has 0 radical (unpaired) electrons. The van der Waals surface area contributed by atoms with Gasteiger partial charge < -0.3 is 28.1 Å². The highest BCUT2D eigenvalue weighted by Gasteiger charge is 2.32. The monoisotopic (exact) mass is 448 g/mol. The predicted octanol–water partition coefficient (Wildman–Crippen LogP) is 3.32. The molecular weight excluding hydrogens is 424 g/mol. The first-order chi connectivity index (χ1) is 16.1. The van der Waals surface area contributed by atoms with Crippen LogP contribution in [0, 0.1) is 17.2 Å². The van der Waals surface area contributed by atoms with E-state index < -0.39 is 0 Å². The number of hydrogen-bond donors (Lipinski definition) is 0. The molecule has 170 valence electrons. The smallest absolute Gasteiger partial charge is 0.266 e. The molecule has 1 saturated heterocycles. The molecule has 2 aromatic heterocycles. The number of ether oxygens (including phenoxy) is 2. The molecule has 9 heteroatoms. The number of nitriles is 1. The zero-order valence-corrected chi connectivity index (χ0v) is 18.3. The predicted molar refractivity (Wildman–Crippen MR) is 118 cm³/mol. The molecule has 5 rings (SSSR count). The van der Waals surface area contributed by atoms with Crippen LogP contribution in [0.25, 0.3) is 11.7 Å². The first-order valence-corrected chi connectivity index (χ1v) is 11.0. The molecule has 2 aliphatic rings. The van der Waals surface area contributed by atoms with Gasteiger partial charge in [0.2, 0.25) is 17.5 Å². The van der Waals surface area contributed by atoms with Crippen molar-refractivity contribution < 1.29 is 23.1 Å². The summed E-state index contributed by atoms with van der Waals surface area (Å²) >= 11 is 0. The fraction of sp³-hybridized carbons (Fsp3) is 0.375. The van der Waals surface area contributed by atoms with Crippen molar-refractivity contribution in [2.75, 3.05) is 38.2 Å². The molecule has 1 fully saturated rings. The van der Waals surface area contributed by atoms with Crippen LogP contribution in [0.15, 0.2) is 51.5 Å². The molecule has 4 heterocycles. The van der Waals surface area contributed by atoms with E-state index in [0.29, 0.717) is 56.5 Å². The number of rotatable bonds is 5. The number of carbonyl (C=O) groups excluding carboxylic acids is 1. The Balaban J connectivity index is 1.17. The van der Waals surface area contributed by atoms with Gasteiger partial charge in [-0.1, -0.05) is 12.1 Å². The molecule has 3 aromatic rings. The van der Waals surface area contributed by atoms with Gasteiger partial charge in [0.1, 0.15) is 12.7 Å². The second-order valence-electron chi connectivity index (χ2n) is 8.24. The molecule has 9 nitrogen and oxygen atoms in total. The Hall–Kier alpha value is -3.93. The SMILES string of the molecule is CN(CC1COc2ccccc2O1)C(=O)C1CCN(c2oc(-c3ccco3)nc2C#N)CC1. The number of oxazole rings is 1. The quantitative estimate of drug-likeness (QED) is 0.585. The number of furan rings is 1. The highest BCUT2D eigenvalue weighted by molar-refractivity contribution is 5.79. The van der Waals surface area contributed by atoms with Crippen molar-refractivity contribution in [1.29, 1.82) is 5.26 Å². The summed E-state index contributed by atoms with van der Waals surface area (Å²) in [6, 6.07) is 13.1. The fourth-order valence-electron chi connectivity index (χ4n) is 4.29. The number of amides is 1. The van der Waals surface area contributed by atoms with Crippen molar-refractivity contribution in [2.24, 2.45) is 5.92 Å². The fourth-order valence-corrected chi connectivity index (χ4v) is 4.29. The summed E-state index contributed by atoms with van der Waals surface area (Å²) in [5.41, 5.74) is 0.220. The number of likely N-dealkylation sites (N-methyl/N-ethyl adjacent to an activating group) is 1. The highest BCUT2D eigenvalue weighted by atomic mass is 16.6. The third-order valence-corrected chi connectivity index (χ3v) is 6.00. The van der Waals surface area contributed by atoms with Gasteiger partial charge in [0.25, 0.3) is 5.89 Å². The first kappa shape index (κ1) is 20.9. The van der Waals surface area contributed by atoms with Gasteiger partial charge in [-0.25, -0.2) is 0 Å². The number of carbonyl (C=O) groups is 1. The third kappa shape index (κ3) is 4.24. The number of anilines is 1. The largest absolute Gasteiger partial charge is 0.486 e. The normalized spacial score (nSPS) is 18.1. The van der Waals surface area contributed by atoms with Gasteiger partial charge in [0, 0.05) is 26.1 Å². The molecule has 0 aliphatic carbocycles. The number of para-hydroxylation sites is 2. The molecule has 1 aromatic carbocycles. The molecule has 1 amide bonds. The summed E-state index contributed by atoms with van der Waals surface area (Å²) < 4.78 is 22.9. The van der Waals surface area contributed by atoms with Crippen molar-refractivity contribution in [3.05, 3.63) is 48.4 Å². The molecule has 0 N–H and O–H groups in total. The first-order valence-electron chi connectivity index (χ1n) is 11.0. The minimum Gasteiger partial charge on any atom is -0.486 e. The van der Waals surface area contributed by atoms with Crippen LogP contribution in [0.3, 0.4) is 0 Å². The lowest BCUT2D eigenvalue weighted by Gasteiger charge is -2.34. The van der Waals surface area contributed by atoms with E-state index in [0.717, 1.165) is 5.75 Å². The molecule has 0 spiro atoms. The second kappa shape index (κ2) is 8.90. The van der Waals surface area contributed by atoms with E-state index in [1.165, 1.54) is 6.26 Å². The Labute approximate surface area is 191 Å². The molecular formula is C24H24N4O5. The van der Waals surface area contributed by atoms with Crippen molar-refractivity contribution in [3.8, 4) is 29.2 Å². The summed E-state index contributed by atoms with van der Waals surface area (Å²) in [5, 5.41) is 9.48. The lowest BCUT2D eigenvalue weighted by molar-refractivity contribution is -0.136. The van der Waals surface area contributed by atoms with Crippen molar-refractivity contribution >= 4 is 11.8 Å². The van der Waals surface area contributed by atoms with E-state index in [1.54, 1.807) is 24.1 Å². The Bertz CT molecular complexity index is 1160. The van der Waals surface area contributed by atoms with E-state index in [4.69, 9.17) is 18.3 Å².